The first-order valence-corrected chi connectivity index (χ1v) is 10.1. The third-order valence-electron chi connectivity index (χ3n) is 4.18. The van der Waals surface area contributed by atoms with Crippen molar-refractivity contribution in [2.45, 2.75) is 36.5 Å². The number of fused-ring (bicyclic) bond motifs is 1. The Morgan fingerprint density at radius 3 is 2.69 bits per heavy atom. The topological polar surface area (TPSA) is 93.7 Å². The fourth-order valence-electron chi connectivity index (χ4n) is 2.76. The van der Waals surface area contributed by atoms with Gasteiger partial charge in [0.2, 0.25) is 5.91 Å². The van der Waals surface area contributed by atoms with Crippen molar-refractivity contribution in [2.75, 3.05) is 17.2 Å². The lowest BCUT2D eigenvalue weighted by molar-refractivity contribution is -0.153. The lowest BCUT2D eigenvalue weighted by Gasteiger charge is -2.23. The second-order valence-corrected chi connectivity index (χ2v) is 7.59. The zero-order valence-corrected chi connectivity index (χ0v) is 17.0. The summed E-state index contributed by atoms with van der Waals surface area (Å²) in [6, 6.07) is 14.4. The highest BCUT2D eigenvalue weighted by atomic mass is 32.2. The van der Waals surface area contributed by atoms with Crippen molar-refractivity contribution in [1.82, 2.24) is 0 Å². The maximum Gasteiger partial charge on any atom is 0.308 e. The van der Waals surface area contributed by atoms with Crippen LogP contribution in [0.25, 0.3) is 0 Å². The summed E-state index contributed by atoms with van der Waals surface area (Å²) in [5.74, 6) is -0.807. The standard InChI is InChI=1S/C21H22N2O5S/c1-3-27-16-10-6-4-8-14(16)22-20(25)13(2)28-19(24)12-18-21(26)23-15-9-5-7-11-17(15)29-18/h4-11,13,18H,3,12H2,1-2H3,(H,22,25)(H,23,26). The molecule has 2 atom stereocenters. The molecule has 152 valence electrons. The Morgan fingerprint density at radius 2 is 1.90 bits per heavy atom. The van der Waals surface area contributed by atoms with Crippen LogP contribution in [-0.4, -0.2) is 35.7 Å². The molecule has 0 spiro atoms. The summed E-state index contributed by atoms with van der Waals surface area (Å²) >= 11 is 1.31. The second kappa shape index (κ2) is 9.47. The molecule has 2 unspecified atom stereocenters. The molecule has 0 saturated heterocycles. The van der Waals surface area contributed by atoms with Crippen molar-refractivity contribution in [2.24, 2.45) is 0 Å². The van der Waals surface area contributed by atoms with Crippen molar-refractivity contribution in [3.8, 4) is 5.75 Å². The van der Waals surface area contributed by atoms with Gasteiger partial charge in [-0.15, -0.1) is 11.8 Å². The van der Waals surface area contributed by atoms with Crippen molar-refractivity contribution in [3.63, 3.8) is 0 Å². The Balaban J connectivity index is 1.55. The average molecular weight is 414 g/mol. The lowest BCUT2D eigenvalue weighted by atomic mass is 10.2. The Labute approximate surface area is 173 Å². The number of esters is 1. The minimum absolute atomic E-state index is 0.127. The zero-order valence-electron chi connectivity index (χ0n) is 16.1. The first-order valence-electron chi connectivity index (χ1n) is 9.26. The number of nitrogens with one attached hydrogen (secondary N) is 2. The monoisotopic (exact) mass is 414 g/mol. The largest absolute Gasteiger partial charge is 0.492 e. The quantitative estimate of drug-likeness (QED) is 0.674. The first-order chi connectivity index (χ1) is 14.0. The lowest BCUT2D eigenvalue weighted by Crippen LogP contribution is -2.34. The predicted molar refractivity (Wildman–Crippen MR) is 111 cm³/mol. The van der Waals surface area contributed by atoms with E-state index in [1.807, 2.05) is 25.1 Å². The molecule has 2 N–H and O–H groups in total. The molecule has 8 heteroatoms. The summed E-state index contributed by atoms with van der Waals surface area (Å²) in [6.07, 6.45) is -1.14. The molecule has 2 aromatic rings. The maximum absolute atomic E-state index is 12.4. The smallest absolute Gasteiger partial charge is 0.308 e. The highest BCUT2D eigenvalue weighted by Crippen LogP contribution is 2.36. The summed E-state index contributed by atoms with van der Waals surface area (Å²) in [4.78, 5) is 37.8. The molecule has 0 radical (unpaired) electrons. The number of ether oxygens (including phenoxy) is 2. The third kappa shape index (κ3) is 5.29. The maximum atomic E-state index is 12.4. The van der Waals surface area contributed by atoms with Gasteiger partial charge in [-0.3, -0.25) is 14.4 Å². The van der Waals surface area contributed by atoms with E-state index in [0.717, 1.165) is 10.6 Å². The normalized spacial score (nSPS) is 16.2. The van der Waals surface area contributed by atoms with Crippen molar-refractivity contribution < 1.29 is 23.9 Å². The summed E-state index contributed by atoms with van der Waals surface area (Å²) in [5.41, 5.74) is 1.23. The molecule has 7 nitrogen and oxygen atoms in total. The van der Waals surface area contributed by atoms with Crippen LogP contribution in [0.5, 0.6) is 5.75 Å². The van der Waals surface area contributed by atoms with Gasteiger partial charge in [-0.25, -0.2) is 0 Å². The van der Waals surface area contributed by atoms with Gasteiger partial charge in [-0.05, 0) is 38.1 Å². The van der Waals surface area contributed by atoms with Crippen molar-refractivity contribution >= 4 is 40.9 Å². The van der Waals surface area contributed by atoms with Gasteiger partial charge in [-0.2, -0.15) is 0 Å². The van der Waals surface area contributed by atoms with Crippen LogP contribution in [0, 0.1) is 0 Å². The van der Waals surface area contributed by atoms with Gasteiger partial charge in [-0.1, -0.05) is 24.3 Å². The number of benzene rings is 2. The fourth-order valence-corrected chi connectivity index (χ4v) is 3.86. The molecular weight excluding hydrogens is 392 g/mol. The number of carbonyl (C=O) groups is 3. The zero-order chi connectivity index (χ0) is 20.8. The van der Waals surface area contributed by atoms with Gasteiger partial charge in [0, 0.05) is 4.90 Å². The van der Waals surface area contributed by atoms with Gasteiger partial charge in [0.05, 0.1) is 29.7 Å². The van der Waals surface area contributed by atoms with Crippen LogP contribution in [0.3, 0.4) is 0 Å². The van der Waals surface area contributed by atoms with E-state index in [9.17, 15) is 14.4 Å². The molecule has 1 aliphatic rings. The van der Waals surface area contributed by atoms with E-state index in [0.29, 0.717) is 18.0 Å². The number of anilines is 2. The Hall–Kier alpha value is -3.00. The number of carbonyl (C=O) groups excluding carboxylic acids is 3. The van der Waals surface area contributed by atoms with E-state index in [4.69, 9.17) is 9.47 Å². The highest BCUT2D eigenvalue weighted by Gasteiger charge is 2.30. The van der Waals surface area contributed by atoms with Crippen LogP contribution in [-0.2, 0) is 19.1 Å². The molecule has 1 heterocycles. The van der Waals surface area contributed by atoms with Gasteiger partial charge >= 0.3 is 5.97 Å². The molecule has 3 rings (SSSR count). The molecule has 0 aromatic heterocycles. The molecule has 0 bridgehead atoms. The Bertz CT molecular complexity index is 917. The summed E-state index contributed by atoms with van der Waals surface area (Å²) < 4.78 is 10.7. The number of hydrogen-bond donors (Lipinski definition) is 2. The summed E-state index contributed by atoms with van der Waals surface area (Å²) in [7, 11) is 0. The molecule has 2 amide bonds. The minimum Gasteiger partial charge on any atom is -0.492 e. The molecule has 2 aromatic carbocycles. The molecule has 0 aliphatic carbocycles. The van der Waals surface area contributed by atoms with Crippen LogP contribution < -0.4 is 15.4 Å². The summed E-state index contributed by atoms with van der Waals surface area (Å²) in [5, 5.41) is 4.88. The van der Waals surface area contributed by atoms with Gasteiger partial charge in [0.1, 0.15) is 5.75 Å². The van der Waals surface area contributed by atoms with Gasteiger partial charge in [0.15, 0.2) is 6.10 Å². The summed E-state index contributed by atoms with van der Waals surface area (Å²) in [6.45, 7) is 3.79. The molecular formula is C21H22N2O5S. The fraction of sp³-hybridized carbons (Fsp3) is 0.286. The van der Waals surface area contributed by atoms with Gasteiger partial charge in [0.25, 0.3) is 5.91 Å². The second-order valence-electron chi connectivity index (χ2n) is 6.35. The first kappa shape index (κ1) is 20.7. The molecule has 0 fully saturated rings. The average Bonchev–Trinajstić information content (AvgIpc) is 2.70. The molecule has 1 aliphatic heterocycles. The molecule has 29 heavy (non-hydrogen) atoms. The van der Waals surface area contributed by atoms with E-state index >= 15 is 0 Å². The van der Waals surface area contributed by atoms with Crippen LogP contribution in [0.4, 0.5) is 11.4 Å². The SMILES string of the molecule is CCOc1ccccc1NC(=O)C(C)OC(=O)CC1Sc2ccccc2NC1=O. The third-order valence-corrected chi connectivity index (χ3v) is 5.46. The number of thioether (sulfide) groups is 1. The molecule has 0 saturated carbocycles. The predicted octanol–water partition coefficient (Wildman–Crippen LogP) is 3.46. The van der Waals surface area contributed by atoms with Crippen molar-refractivity contribution in [1.29, 1.82) is 0 Å². The Kier molecular flexibility index (Phi) is 6.77. The van der Waals surface area contributed by atoms with Gasteiger partial charge < -0.3 is 20.1 Å². The van der Waals surface area contributed by atoms with Crippen molar-refractivity contribution in [3.05, 3.63) is 48.5 Å². The van der Waals surface area contributed by atoms with E-state index in [-0.39, 0.29) is 12.3 Å². The van der Waals surface area contributed by atoms with E-state index in [1.165, 1.54) is 18.7 Å². The number of hydrogen-bond acceptors (Lipinski definition) is 6. The Morgan fingerprint density at radius 1 is 1.17 bits per heavy atom. The minimum atomic E-state index is -1.01. The van der Waals surface area contributed by atoms with E-state index in [1.54, 1.807) is 30.3 Å². The van der Waals surface area contributed by atoms with E-state index in [2.05, 4.69) is 10.6 Å². The number of para-hydroxylation sites is 3. The van der Waals surface area contributed by atoms with Crippen LogP contribution in [0.1, 0.15) is 20.3 Å². The van der Waals surface area contributed by atoms with Crippen LogP contribution in [0.2, 0.25) is 0 Å². The number of amides is 2. The van der Waals surface area contributed by atoms with Crippen LogP contribution >= 0.6 is 11.8 Å². The highest BCUT2D eigenvalue weighted by molar-refractivity contribution is 8.01. The van der Waals surface area contributed by atoms with Crippen LogP contribution in [0.15, 0.2) is 53.4 Å². The number of rotatable bonds is 7. The van der Waals surface area contributed by atoms with E-state index < -0.39 is 23.2 Å².